The third-order valence-electron chi connectivity index (χ3n) is 5.02. The van der Waals surface area contributed by atoms with Crippen LogP contribution in [0.15, 0.2) is 42.5 Å². The fourth-order valence-electron chi connectivity index (χ4n) is 3.43. The van der Waals surface area contributed by atoms with Crippen molar-refractivity contribution >= 4 is 11.6 Å². The molecule has 162 valence electrons. The molecule has 1 N–H and O–H groups in total. The van der Waals surface area contributed by atoms with E-state index in [9.17, 15) is 23.7 Å². The lowest BCUT2D eigenvalue weighted by atomic mass is 10.0. The summed E-state index contributed by atoms with van der Waals surface area (Å²) in [5.41, 5.74) is 1.95. The number of benzene rings is 2. The molecule has 1 heterocycles. The van der Waals surface area contributed by atoms with Gasteiger partial charge in [-0.3, -0.25) is 19.6 Å². The Morgan fingerprint density at radius 1 is 1.16 bits per heavy atom. The normalized spacial score (nSPS) is 11.9. The highest BCUT2D eigenvalue weighted by Gasteiger charge is 2.22. The first kappa shape index (κ1) is 22.1. The molecule has 0 aliphatic rings. The van der Waals surface area contributed by atoms with Gasteiger partial charge in [-0.05, 0) is 57.0 Å². The van der Waals surface area contributed by atoms with Crippen LogP contribution >= 0.6 is 0 Å². The molecule has 0 bridgehead atoms. The molecule has 0 spiro atoms. The van der Waals surface area contributed by atoms with Gasteiger partial charge in [-0.1, -0.05) is 18.2 Å². The van der Waals surface area contributed by atoms with Crippen molar-refractivity contribution in [2.24, 2.45) is 0 Å². The highest BCUT2D eigenvalue weighted by atomic mass is 19.1. The molecular formula is C22H22F2N4O3. The number of carbonyl (C=O) groups excluding carboxylic acids is 1. The van der Waals surface area contributed by atoms with E-state index in [1.165, 1.54) is 18.2 Å². The van der Waals surface area contributed by atoms with Crippen LogP contribution in [0.1, 0.15) is 39.8 Å². The number of rotatable bonds is 7. The summed E-state index contributed by atoms with van der Waals surface area (Å²) >= 11 is 0. The van der Waals surface area contributed by atoms with E-state index in [-0.39, 0.29) is 23.6 Å². The van der Waals surface area contributed by atoms with Crippen molar-refractivity contribution in [3.8, 4) is 0 Å². The van der Waals surface area contributed by atoms with E-state index in [1.54, 1.807) is 49.7 Å². The zero-order chi connectivity index (χ0) is 22.7. The Balaban J connectivity index is 1.65. The number of halogens is 2. The molecule has 1 amide bonds. The highest BCUT2D eigenvalue weighted by Crippen LogP contribution is 2.22. The van der Waals surface area contributed by atoms with Crippen molar-refractivity contribution in [3.05, 3.63) is 92.3 Å². The summed E-state index contributed by atoms with van der Waals surface area (Å²) in [6.45, 7) is 5.22. The highest BCUT2D eigenvalue weighted by molar-refractivity contribution is 5.94. The number of hydrogen-bond acceptors (Lipinski definition) is 4. The summed E-state index contributed by atoms with van der Waals surface area (Å²) in [6.07, 6.45) is 0.0268. The lowest BCUT2D eigenvalue weighted by molar-refractivity contribution is -0.386. The molecule has 0 saturated heterocycles. The molecule has 0 radical (unpaired) electrons. The molecule has 1 aromatic heterocycles. The maximum atomic E-state index is 13.8. The van der Waals surface area contributed by atoms with E-state index in [1.807, 2.05) is 0 Å². The average molecular weight is 428 g/mol. The maximum Gasteiger partial charge on any atom is 0.312 e. The molecule has 1 atom stereocenters. The number of aryl methyl sites for hydroxylation is 1. The van der Waals surface area contributed by atoms with Gasteiger partial charge in [0, 0.05) is 17.2 Å². The molecule has 9 heteroatoms. The van der Waals surface area contributed by atoms with E-state index in [0.29, 0.717) is 23.5 Å². The molecule has 1 unspecified atom stereocenters. The number of nitro groups is 1. The average Bonchev–Trinajstić information content (AvgIpc) is 2.98. The predicted molar refractivity (Wildman–Crippen MR) is 111 cm³/mol. The van der Waals surface area contributed by atoms with Crippen molar-refractivity contribution in [1.82, 2.24) is 15.1 Å². The van der Waals surface area contributed by atoms with Crippen molar-refractivity contribution in [2.45, 2.75) is 39.8 Å². The Labute approximate surface area is 177 Å². The first-order valence-corrected chi connectivity index (χ1v) is 9.68. The van der Waals surface area contributed by atoms with Crippen molar-refractivity contribution in [2.75, 3.05) is 0 Å². The van der Waals surface area contributed by atoms with Gasteiger partial charge in [0.1, 0.15) is 23.0 Å². The molecule has 0 saturated carbocycles. The van der Waals surface area contributed by atoms with Gasteiger partial charge in [0.15, 0.2) is 0 Å². The van der Waals surface area contributed by atoms with Crippen LogP contribution in [0.4, 0.5) is 14.5 Å². The van der Waals surface area contributed by atoms with E-state index in [4.69, 9.17) is 0 Å². The van der Waals surface area contributed by atoms with Gasteiger partial charge in [-0.25, -0.2) is 8.78 Å². The number of hydrogen-bond donors (Lipinski definition) is 1. The second kappa shape index (κ2) is 9.03. The first-order valence-electron chi connectivity index (χ1n) is 9.68. The van der Waals surface area contributed by atoms with Crippen LogP contribution in [0.2, 0.25) is 0 Å². The SMILES string of the molecule is Cc1nn(Cc2ccc(C(=O)NC(C)Cc3c(F)cccc3F)cc2)c(C)c1[N+](=O)[O-]. The monoisotopic (exact) mass is 428 g/mol. The minimum atomic E-state index is -0.644. The summed E-state index contributed by atoms with van der Waals surface area (Å²) in [4.78, 5) is 23.2. The van der Waals surface area contributed by atoms with Gasteiger partial charge in [0.05, 0.1) is 11.5 Å². The van der Waals surface area contributed by atoms with Crippen molar-refractivity contribution in [1.29, 1.82) is 0 Å². The van der Waals surface area contributed by atoms with Gasteiger partial charge < -0.3 is 5.32 Å². The summed E-state index contributed by atoms with van der Waals surface area (Å²) in [5, 5.41) is 18.1. The maximum absolute atomic E-state index is 13.8. The number of amides is 1. The largest absolute Gasteiger partial charge is 0.349 e. The number of aromatic nitrogens is 2. The Kier molecular flexibility index (Phi) is 6.43. The van der Waals surface area contributed by atoms with Crippen LogP contribution in [0.3, 0.4) is 0 Å². The molecule has 0 fully saturated rings. The van der Waals surface area contributed by atoms with E-state index in [2.05, 4.69) is 10.4 Å². The van der Waals surface area contributed by atoms with E-state index in [0.717, 1.165) is 5.56 Å². The Morgan fingerprint density at radius 2 is 1.77 bits per heavy atom. The van der Waals surface area contributed by atoms with Gasteiger partial charge in [0.25, 0.3) is 5.91 Å². The van der Waals surface area contributed by atoms with Crippen molar-refractivity contribution < 1.29 is 18.5 Å². The number of nitrogens with one attached hydrogen (secondary N) is 1. The van der Waals surface area contributed by atoms with Gasteiger partial charge in [-0.2, -0.15) is 5.10 Å². The topological polar surface area (TPSA) is 90.1 Å². The molecule has 0 aliphatic heterocycles. The minimum absolute atomic E-state index is 0.00345. The third-order valence-corrected chi connectivity index (χ3v) is 5.02. The second-order valence-corrected chi connectivity index (χ2v) is 7.41. The van der Waals surface area contributed by atoms with E-state index >= 15 is 0 Å². The van der Waals surface area contributed by atoms with Crippen LogP contribution in [0.5, 0.6) is 0 Å². The lowest BCUT2D eigenvalue weighted by Crippen LogP contribution is -2.34. The second-order valence-electron chi connectivity index (χ2n) is 7.41. The summed E-state index contributed by atoms with van der Waals surface area (Å²) in [6, 6.07) is 9.91. The zero-order valence-electron chi connectivity index (χ0n) is 17.4. The molecule has 0 aliphatic carbocycles. The first-order chi connectivity index (χ1) is 14.7. The fraction of sp³-hybridized carbons (Fsp3) is 0.273. The van der Waals surface area contributed by atoms with E-state index < -0.39 is 22.6 Å². The zero-order valence-corrected chi connectivity index (χ0v) is 17.4. The van der Waals surface area contributed by atoms with Gasteiger partial charge in [0.2, 0.25) is 0 Å². The van der Waals surface area contributed by atoms with Crippen LogP contribution in [0, 0.1) is 35.6 Å². The lowest BCUT2D eigenvalue weighted by Gasteiger charge is -2.15. The van der Waals surface area contributed by atoms with Crippen LogP contribution < -0.4 is 5.32 Å². The minimum Gasteiger partial charge on any atom is -0.349 e. The standard InChI is InChI=1S/C22H22F2N4O3/c1-13(11-18-19(23)5-4-6-20(18)24)25-22(29)17-9-7-16(8-10-17)12-27-15(3)21(28(30)31)14(2)26-27/h4-10,13H,11-12H2,1-3H3,(H,25,29). The smallest absolute Gasteiger partial charge is 0.312 e. The summed E-state index contributed by atoms with van der Waals surface area (Å²) in [7, 11) is 0. The summed E-state index contributed by atoms with van der Waals surface area (Å²) in [5.74, 6) is -1.65. The Morgan fingerprint density at radius 3 is 2.32 bits per heavy atom. The Bertz CT molecular complexity index is 1110. The van der Waals surface area contributed by atoms with Crippen molar-refractivity contribution in [3.63, 3.8) is 0 Å². The predicted octanol–water partition coefficient (Wildman–Crippen LogP) is 4.10. The van der Waals surface area contributed by atoms with Gasteiger partial charge >= 0.3 is 5.69 Å². The molecule has 7 nitrogen and oxygen atoms in total. The molecule has 3 aromatic rings. The van der Waals surface area contributed by atoms with Crippen LogP contribution in [-0.2, 0) is 13.0 Å². The Hall–Kier alpha value is -3.62. The molecular weight excluding hydrogens is 406 g/mol. The summed E-state index contributed by atoms with van der Waals surface area (Å²) < 4.78 is 29.1. The van der Waals surface area contributed by atoms with Crippen LogP contribution in [0.25, 0.3) is 0 Å². The number of carbonyl (C=O) groups is 1. The quantitative estimate of drug-likeness (QED) is 0.453. The fourth-order valence-corrected chi connectivity index (χ4v) is 3.43. The molecule has 2 aromatic carbocycles. The third kappa shape index (κ3) is 4.93. The van der Waals surface area contributed by atoms with Crippen LogP contribution in [-0.4, -0.2) is 26.7 Å². The van der Waals surface area contributed by atoms with Gasteiger partial charge in [-0.15, -0.1) is 0 Å². The number of nitrogens with zero attached hydrogens (tertiary/aromatic N) is 3. The molecule has 31 heavy (non-hydrogen) atoms. The molecule has 3 rings (SSSR count).